The van der Waals surface area contributed by atoms with Crippen molar-refractivity contribution in [1.29, 1.82) is 0 Å². The first kappa shape index (κ1) is 16.3. The van der Waals surface area contributed by atoms with Gasteiger partial charge in [0, 0.05) is 54.1 Å². The quantitative estimate of drug-likeness (QED) is 0.899. The van der Waals surface area contributed by atoms with Gasteiger partial charge in [0.25, 0.3) is 0 Å². The molecule has 126 valence electrons. The van der Waals surface area contributed by atoms with Crippen molar-refractivity contribution in [3.8, 4) is 0 Å². The molecule has 1 N–H and O–H groups in total. The summed E-state index contributed by atoms with van der Waals surface area (Å²) in [4.78, 5) is 2.85. The number of hydrogen-bond donors (Lipinski definition) is 1. The second-order valence-electron chi connectivity index (χ2n) is 7.41. The monoisotopic (exact) mass is 348 g/mol. The predicted molar refractivity (Wildman–Crippen MR) is 104 cm³/mol. The SMILES string of the molecule is c1ccc(CCC23CNCC2CN(C2CSCCSC2)C3)cc1. The van der Waals surface area contributed by atoms with Crippen LogP contribution in [0.25, 0.3) is 0 Å². The Labute approximate surface area is 149 Å². The third-order valence-electron chi connectivity index (χ3n) is 5.97. The smallest absolute Gasteiger partial charge is 0.0277 e. The molecule has 4 heteroatoms. The molecule has 2 unspecified atom stereocenters. The van der Waals surface area contributed by atoms with Crippen molar-refractivity contribution < 1.29 is 0 Å². The molecule has 3 saturated heterocycles. The number of fused-ring (bicyclic) bond motifs is 1. The zero-order chi connectivity index (χ0) is 15.5. The summed E-state index contributed by atoms with van der Waals surface area (Å²) >= 11 is 4.34. The summed E-state index contributed by atoms with van der Waals surface area (Å²) in [5.41, 5.74) is 2.03. The lowest BCUT2D eigenvalue weighted by molar-refractivity contribution is 0.219. The molecule has 1 aromatic rings. The van der Waals surface area contributed by atoms with Crippen molar-refractivity contribution in [3.63, 3.8) is 0 Å². The lowest BCUT2D eigenvalue weighted by Crippen LogP contribution is -2.40. The minimum Gasteiger partial charge on any atom is -0.316 e. The second kappa shape index (κ2) is 7.38. The van der Waals surface area contributed by atoms with Crippen molar-refractivity contribution in [2.75, 3.05) is 49.2 Å². The zero-order valence-corrected chi connectivity index (χ0v) is 15.5. The van der Waals surface area contributed by atoms with E-state index in [-0.39, 0.29) is 0 Å². The summed E-state index contributed by atoms with van der Waals surface area (Å²) in [6.07, 6.45) is 2.58. The Bertz CT molecular complexity index is 501. The molecule has 3 heterocycles. The molecule has 0 bridgehead atoms. The van der Waals surface area contributed by atoms with Crippen LogP contribution in [0.4, 0.5) is 0 Å². The van der Waals surface area contributed by atoms with Gasteiger partial charge in [-0.3, -0.25) is 4.90 Å². The van der Waals surface area contributed by atoms with Crippen LogP contribution in [0.1, 0.15) is 12.0 Å². The lowest BCUT2D eigenvalue weighted by Gasteiger charge is -2.31. The summed E-state index contributed by atoms with van der Waals surface area (Å²) in [5.74, 6) is 6.26. The molecule has 0 radical (unpaired) electrons. The Morgan fingerprint density at radius 3 is 2.70 bits per heavy atom. The Balaban J connectivity index is 1.42. The lowest BCUT2D eigenvalue weighted by atomic mass is 9.76. The molecule has 3 fully saturated rings. The molecule has 2 nitrogen and oxygen atoms in total. The first-order chi connectivity index (χ1) is 11.4. The Morgan fingerprint density at radius 2 is 1.91 bits per heavy atom. The van der Waals surface area contributed by atoms with Crippen LogP contribution in [0, 0.1) is 11.3 Å². The predicted octanol–water partition coefficient (Wildman–Crippen LogP) is 2.99. The average Bonchev–Trinajstić information content (AvgIpc) is 2.99. The van der Waals surface area contributed by atoms with Crippen LogP contribution < -0.4 is 5.32 Å². The zero-order valence-electron chi connectivity index (χ0n) is 13.9. The number of hydrogen-bond acceptors (Lipinski definition) is 4. The van der Waals surface area contributed by atoms with Gasteiger partial charge in [-0.15, -0.1) is 0 Å². The van der Waals surface area contributed by atoms with E-state index in [1.54, 1.807) is 0 Å². The highest BCUT2D eigenvalue weighted by atomic mass is 32.2. The van der Waals surface area contributed by atoms with Crippen LogP contribution in [-0.2, 0) is 6.42 Å². The number of aryl methyl sites for hydroxylation is 1. The van der Waals surface area contributed by atoms with Crippen LogP contribution in [0.2, 0.25) is 0 Å². The van der Waals surface area contributed by atoms with E-state index in [4.69, 9.17) is 0 Å². The summed E-state index contributed by atoms with van der Waals surface area (Å²) in [7, 11) is 0. The third-order valence-corrected chi connectivity index (χ3v) is 8.45. The fraction of sp³-hybridized carbons (Fsp3) is 0.684. The molecule has 3 aliphatic rings. The fourth-order valence-electron chi connectivity index (χ4n) is 4.55. The van der Waals surface area contributed by atoms with Crippen molar-refractivity contribution in [2.45, 2.75) is 18.9 Å². The van der Waals surface area contributed by atoms with E-state index in [0.29, 0.717) is 5.41 Å². The van der Waals surface area contributed by atoms with E-state index < -0.39 is 0 Å². The van der Waals surface area contributed by atoms with Crippen LogP contribution in [0.3, 0.4) is 0 Å². The van der Waals surface area contributed by atoms with Crippen molar-refractivity contribution >= 4 is 23.5 Å². The van der Waals surface area contributed by atoms with E-state index in [1.165, 1.54) is 67.6 Å². The maximum absolute atomic E-state index is 3.70. The molecule has 0 spiro atoms. The van der Waals surface area contributed by atoms with Gasteiger partial charge in [0.05, 0.1) is 0 Å². The van der Waals surface area contributed by atoms with E-state index in [9.17, 15) is 0 Å². The minimum atomic E-state index is 0.525. The molecule has 4 rings (SSSR count). The highest BCUT2D eigenvalue weighted by molar-refractivity contribution is 8.03. The van der Waals surface area contributed by atoms with Gasteiger partial charge in [-0.25, -0.2) is 0 Å². The second-order valence-corrected chi connectivity index (χ2v) is 9.71. The highest BCUT2D eigenvalue weighted by Gasteiger charge is 2.50. The van der Waals surface area contributed by atoms with Gasteiger partial charge in [-0.1, -0.05) is 30.3 Å². The van der Waals surface area contributed by atoms with Crippen LogP contribution in [0.5, 0.6) is 0 Å². The minimum absolute atomic E-state index is 0.525. The van der Waals surface area contributed by atoms with Gasteiger partial charge >= 0.3 is 0 Å². The maximum atomic E-state index is 3.70. The molecular formula is C19H28N2S2. The van der Waals surface area contributed by atoms with Gasteiger partial charge < -0.3 is 5.32 Å². The highest BCUT2D eigenvalue weighted by Crippen LogP contribution is 2.44. The van der Waals surface area contributed by atoms with Crippen molar-refractivity contribution in [2.24, 2.45) is 11.3 Å². The molecule has 0 amide bonds. The Hall–Kier alpha value is -0.160. The first-order valence-electron chi connectivity index (χ1n) is 9.00. The summed E-state index contributed by atoms with van der Waals surface area (Å²) in [6.45, 7) is 5.11. The van der Waals surface area contributed by atoms with Crippen LogP contribution in [0.15, 0.2) is 30.3 Å². The molecule has 0 aliphatic carbocycles. The summed E-state index contributed by atoms with van der Waals surface area (Å²) < 4.78 is 0. The molecule has 0 saturated carbocycles. The average molecular weight is 349 g/mol. The first-order valence-corrected chi connectivity index (χ1v) is 11.3. The van der Waals surface area contributed by atoms with Crippen molar-refractivity contribution in [3.05, 3.63) is 35.9 Å². The van der Waals surface area contributed by atoms with E-state index >= 15 is 0 Å². The van der Waals surface area contributed by atoms with Gasteiger partial charge in [0.1, 0.15) is 0 Å². The van der Waals surface area contributed by atoms with E-state index in [0.717, 1.165) is 12.0 Å². The summed E-state index contributed by atoms with van der Waals surface area (Å²) in [5, 5.41) is 3.70. The normalized spacial score (nSPS) is 32.8. The largest absolute Gasteiger partial charge is 0.316 e. The number of likely N-dealkylation sites (tertiary alicyclic amines) is 1. The maximum Gasteiger partial charge on any atom is 0.0277 e. The molecule has 23 heavy (non-hydrogen) atoms. The number of rotatable bonds is 4. The number of nitrogens with zero attached hydrogens (tertiary/aromatic N) is 1. The van der Waals surface area contributed by atoms with Gasteiger partial charge in [-0.2, -0.15) is 23.5 Å². The van der Waals surface area contributed by atoms with Gasteiger partial charge in [-0.05, 0) is 30.9 Å². The van der Waals surface area contributed by atoms with Gasteiger partial charge in [0.15, 0.2) is 0 Å². The van der Waals surface area contributed by atoms with Gasteiger partial charge in [0.2, 0.25) is 0 Å². The van der Waals surface area contributed by atoms with E-state index in [1.807, 2.05) is 0 Å². The standard InChI is InChI=1S/C19H28N2S2/c1-2-4-16(5-3-1)6-7-19-14-20-10-17(19)11-21(15-19)18-12-22-8-9-23-13-18/h1-5,17-18,20H,6-15H2. The number of thioether (sulfide) groups is 2. The van der Waals surface area contributed by atoms with Crippen molar-refractivity contribution in [1.82, 2.24) is 10.2 Å². The molecule has 0 aromatic heterocycles. The molecule has 3 aliphatic heterocycles. The molecular weight excluding hydrogens is 320 g/mol. The molecule has 1 aromatic carbocycles. The Morgan fingerprint density at radius 1 is 1.13 bits per heavy atom. The van der Waals surface area contributed by atoms with E-state index in [2.05, 4.69) is 64.1 Å². The topological polar surface area (TPSA) is 15.3 Å². The fourth-order valence-corrected chi connectivity index (χ4v) is 7.18. The Kier molecular flexibility index (Phi) is 5.24. The molecule has 2 atom stereocenters. The number of nitrogens with one attached hydrogen (secondary N) is 1. The van der Waals surface area contributed by atoms with Crippen LogP contribution >= 0.6 is 23.5 Å². The third kappa shape index (κ3) is 3.60. The number of benzene rings is 1. The van der Waals surface area contributed by atoms with Crippen LogP contribution in [-0.4, -0.2) is 60.1 Å². The summed E-state index contributed by atoms with van der Waals surface area (Å²) in [6, 6.07) is 11.9.